The summed E-state index contributed by atoms with van der Waals surface area (Å²) >= 11 is 5.94. The number of aromatic nitrogens is 1. The molecular formula is C12H9ClF2N2O. The van der Waals surface area contributed by atoms with E-state index >= 15 is 0 Å². The van der Waals surface area contributed by atoms with Crippen LogP contribution in [-0.2, 0) is 6.54 Å². The molecule has 0 aliphatic heterocycles. The lowest BCUT2D eigenvalue weighted by Gasteiger charge is -2.08. The highest BCUT2D eigenvalue weighted by Gasteiger charge is 2.10. The molecule has 2 aromatic rings. The van der Waals surface area contributed by atoms with Crippen molar-refractivity contribution in [1.29, 1.82) is 0 Å². The van der Waals surface area contributed by atoms with Gasteiger partial charge in [-0.1, -0.05) is 17.7 Å². The van der Waals surface area contributed by atoms with Crippen LogP contribution in [0.3, 0.4) is 0 Å². The molecule has 0 radical (unpaired) electrons. The van der Waals surface area contributed by atoms with Crippen LogP contribution in [0.2, 0.25) is 5.02 Å². The molecule has 1 aromatic heterocycles. The second kappa shape index (κ2) is 5.29. The second-order valence-corrected chi connectivity index (χ2v) is 3.92. The summed E-state index contributed by atoms with van der Waals surface area (Å²) in [5.41, 5.74) is 6.27. The molecule has 94 valence electrons. The predicted molar refractivity (Wildman–Crippen MR) is 63.6 cm³/mol. The van der Waals surface area contributed by atoms with Gasteiger partial charge in [0.1, 0.15) is 11.6 Å². The Morgan fingerprint density at radius 1 is 1.28 bits per heavy atom. The van der Waals surface area contributed by atoms with Crippen molar-refractivity contribution in [2.24, 2.45) is 5.73 Å². The topological polar surface area (TPSA) is 48.1 Å². The third kappa shape index (κ3) is 2.75. The Bertz CT molecular complexity index is 578. The summed E-state index contributed by atoms with van der Waals surface area (Å²) in [6, 6.07) is 5.54. The van der Waals surface area contributed by atoms with Gasteiger partial charge in [0.2, 0.25) is 0 Å². The molecule has 0 saturated heterocycles. The number of hydrogen-bond donors (Lipinski definition) is 1. The van der Waals surface area contributed by atoms with E-state index in [-0.39, 0.29) is 16.7 Å². The normalized spacial score (nSPS) is 10.4. The average Bonchev–Trinajstić information content (AvgIpc) is 2.34. The zero-order valence-corrected chi connectivity index (χ0v) is 9.92. The zero-order chi connectivity index (χ0) is 13.1. The van der Waals surface area contributed by atoms with Crippen molar-refractivity contribution in [3.8, 4) is 11.6 Å². The summed E-state index contributed by atoms with van der Waals surface area (Å²) in [4.78, 5) is 3.50. The Labute approximate surface area is 107 Å². The van der Waals surface area contributed by atoms with E-state index in [4.69, 9.17) is 22.1 Å². The molecule has 1 aromatic carbocycles. The van der Waals surface area contributed by atoms with Crippen LogP contribution in [0.5, 0.6) is 11.6 Å². The van der Waals surface area contributed by atoms with Crippen molar-refractivity contribution < 1.29 is 13.5 Å². The molecule has 0 aliphatic carbocycles. The third-order valence-electron chi connectivity index (χ3n) is 2.21. The summed E-state index contributed by atoms with van der Waals surface area (Å²) in [5, 5.41) is 0.281. The smallest absolute Gasteiger partial charge is 0.256 e. The Morgan fingerprint density at radius 3 is 2.67 bits per heavy atom. The highest BCUT2D eigenvalue weighted by molar-refractivity contribution is 6.32. The number of hydrogen-bond acceptors (Lipinski definition) is 3. The molecule has 1 heterocycles. The van der Waals surface area contributed by atoms with Gasteiger partial charge in [0.25, 0.3) is 5.88 Å². The minimum absolute atomic E-state index is 0.229. The first-order valence-corrected chi connectivity index (χ1v) is 5.45. The Morgan fingerprint density at radius 2 is 2.06 bits per heavy atom. The molecule has 0 atom stereocenters. The maximum Gasteiger partial charge on any atom is 0.256 e. The molecule has 0 unspecified atom stereocenters. The molecule has 3 nitrogen and oxygen atoms in total. The van der Waals surface area contributed by atoms with Crippen LogP contribution >= 0.6 is 11.6 Å². The summed E-state index contributed by atoms with van der Waals surface area (Å²) in [7, 11) is 0. The van der Waals surface area contributed by atoms with Crippen molar-refractivity contribution in [2.45, 2.75) is 6.54 Å². The largest absolute Gasteiger partial charge is 0.435 e. The van der Waals surface area contributed by atoms with Gasteiger partial charge in [0.05, 0.1) is 11.2 Å². The molecule has 0 aliphatic rings. The number of nitrogens with zero attached hydrogens (tertiary/aromatic N) is 1. The molecule has 6 heteroatoms. The minimum Gasteiger partial charge on any atom is -0.435 e. The van der Waals surface area contributed by atoms with Crippen LogP contribution in [0.1, 0.15) is 5.56 Å². The van der Waals surface area contributed by atoms with E-state index in [9.17, 15) is 8.78 Å². The van der Waals surface area contributed by atoms with E-state index < -0.39 is 11.6 Å². The van der Waals surface area contributed by atoms with Gasteiger partial charge in [-0.05, 0) is 17.7 Å². The van der Waals surface area contributed by atoms with Crippen LogP contribution in [0, 0.1) is 11.6 Å². The number of nitrogens with two attached hydrogens (primary N) is 1. The van der Waals surface area contributed by atoms with Gasteiger partial charge in [0.15, 0.2) is 5.82 Å². The molecule has 0 bridgehead atoms. The van der Waals surface area contributed by atoms with Crippen molar-refractivity contribution in [3.63, 3.8) is 0 Å². The minimum atomic E-state index is -0.894. The fourth-order valence-electron chi connectivity index (χ4n) is 1.34. The van der Waals surface area contributed by atoms with Gasteiger partial charge in [-0.25, -0.2) is 13.8 Å². The van der Waals surface area contributed by atoms with Gasteiger partial charge in [-0.2, -0.15) is 0 Å². The molecule has 0 amide bonds. The maximum atomic E-state index is 13.3. The van der Waals surface area contributed by atoms with Crippen molar-refractivity contribution in [3.05, 3.63) is 52.7 Å². The van der Waals surface area contributed by atoms with Crippen LogP contribution in [-0.4, -0.2) is 4.98 Å². The molecule has 2 N–H and O–H groups in total. The Kier molecular flexibility index (Phi) is 3.74. The van der Waals surface area contributed by atoms with Gasteiger partial charge in [-0.3, -0.25) is 0 Å². The van der Waals surface area contributed by atoms with Crippen LogP contribution < -0.4 is 10.5 Å². The highest BCUT2D eigenvalue weighted by atomic mass is 35.5. The monoisotopic (exact) mass is 270 g/mol. The highest BCUT2D eigenvalue weighted by Crippen LogP contribution is 2.30. The van der Waals surface area contributed by atoms with Crippen molar-refractivity contribution in [1.82, 2.24) is 4.98 Å². The molecule has 0 saturated carbocycles. The van der Waals surface area contributed by atoms with E-state index in [0.717, 1.165) is 11.8 Å². The molecule has 0 fully saturated rings. The van der Waals surface area contributed by atoms with Crippen LogP contribution in [0.4, 0.5) is 8.78 Å². The predicted octanol–water partition coefficient (Wildman–Crippen LogP) is 3.26. The quantitative estimate of drug-likeness (QED) is 0.931. The van der Waals surface area contributed by atoms with E-state index in [2.05, 4.69) is 4.98 Å². The lowest BCUT2D eigenvalue weighted by Crippen LogP contribution is -1.97. The summed E-state index contributed by atoms with van der Waals surface area (Å²) in [6.45, 7) is 0.336. The first kappa shape index (κ1) is 12.7. The lowest BCUT2D eigenvalue weighted by atomic mass is 10.2. The molecule has 0 spiro atoms. The van der Waals surface area contributed by atoms with Crippen molar-refractivity contribution in [2.75, 3.05) is 0 Å². The average molecular weight is 271 g/mol. The second-order valence-electron chi connectivity index (χ2n) is 3.51. The van der Waals surface area contributed by atoms with Crippen molar-refractivity contribution >= 4 is 11.6 Å². The summed E-state index contributed by atoms with van der Waals surface area (Å²) < 4.78 is 31.2. The van der Waals surface area contributed by atoms with E-state index in [0.29, 0.717) is 12.6 Å². The van der Waals surface area contributed by atoms with Gasteiger partial charge in [-0.15, -0.1) is 0 Å². The number of ether oxygens (including phenoxy) is 1. The SMILES string of the molecule is NCc1ccc(Oc2ncc(F)cc2F)c(Cl)c1. The van der Waals surface area contributed by atoms with E-state index in [1.807, 2.05) is 0 Å². The zero-order valence-electron chi connectivity index (χ0n) is 9.16. The molecule has 2 rings (SSSR count). The van der Waals surface area contributed by atoms with Crippen LogP contribution in [0.25, 0.3) is 0 Å². The van der Waals surface area contributed by atoms with E-state index in [1.165, 1.54) is 0 Å². The fourth-order valence-corrected chi connectivity index (χ4v) is 1.58. The first-order chi connectivity index (χ1) is 8.60. The number of rotatable bonds is 3. The van der Waals surface area contributed by atoms with Crippen LogP contribution in [0.15, 0.2) is 30.5 Å². The summed E-state index contributed by atoms with van der Waals surface area (Å²) in [5.74, 6) is -1.77. The Balaban J connectivity index is 2.28. The van der Waals surface area contributed by atoms with E-state index in [1.54, 1.807) is 18.2 Å². The standard InChI is InChI=1S/C12H9ClF2N2O/c13-9-3-7(5-16)1-2-11(9)18-12-10(15)4-8(14)6-17-12/h1-4,6H,5,16H2. The maximum absolute atomic E-state index is 13.3. The fraction of sp³-hybridized carbons (Fsp3) is 0.0833. The van der Waals surface area contributed by atoms with Gasteiger partial charge >= 0.3 is 0 Å². The molecule has 18 heavy (non-hydrogen) atoms. The molecular weight excluding hydrogens is 262 g/mol. The first-order valence-electron chi connectivity index (χ1n) is 5.07. The number of halogens is 3. The number of benzene rings is 1. The number of pyridine rings is 1. The third-order valence-corrected chi connectivity index (χ3v) is 2.51. The lowest BCUT2D eigenvalue weighted by molar-refractivity contribution is 0.417. The Hall–Kier alpha value is -1.72. The van der Waals surface area contributed by atoms with Gasteiger partial charge < -0.3 is 10.5 Å². The van der Waals surface area contributed by atoms with Gasteiger partial charge in [0, 0.05) is 12.6 Å². The summed E-state index contributed by atoms with van der Waals surface area (Å²) in [6.07, 6.45) is 0.862.